The lowest BCUT2D eigenvalue weighted by atomic mass is 10.2. The van der Waals surface area contributed by atoms with Crippen LogP contribution in [0.1, 0.15) is 19.0 Å². The SMILES string of the molecule is CCC(CSC)N(C)Cc1cnc(Cl)cn1. The van der Waals surface area contributed by atoms with Crippen molar-refractivity contribution in [1.82, 2.24) is 14.9 Å². The maximum atomic E-state index is 5.70. The average Bonchev–Trinajstić information content (AvgIpc) is 2.29. The van der Waals surface area contributed by atoms with Gasteiger partial charge in [0.05, 0.1) is 18.1 Å². The van der Waals surface area contributed by atoms with Crippen LogP contribution in [0.3, 0.4) is 0 Å². The second-order valence-corrected chi connectivity index (χ2v) is 5.06. The quantitative estimate of drug-likeness (QED) is 0.786. The van der Waals surface area contributed by atoms with Gasteiger partial charge in [0, 0.05) is 18.3 Å². The first kappa shape index (κ1) is 13.7. The fraction of sp³-hybridized carbons (Fsp3) is 0.636. The van der Waals surface area contributed by atoms with Gasteiger partial charge >= 0.3 is 0 Å². The molecule has 1 aromatic rings. The number of hydrogen-bond acceptors (Lipinski definition) is 4. The molecule has 90 valence electrons. The number of thioether (sulfide) groups is 1. The third-order valence-corrected chi connectivity index (χ3v) is 3.45. The number of halogens is 1. The van der Waals surface area contributed by atoms with E-state index in [4.69, 9.17) is 11.6 Å². The van der Waals surface area contributed by atoms with E-state index in [0.29, 0.717) is 11.2 Å². The minimum Gasteiger partial charge on any atom is -0.297 e. The Morgan fingerprint density at radius 3 is 2.69 bits per heavy atom. The van der Waals surface area contributed by atoms with Crippen molar-refractivity contribution in [3.05, 3.63) is 23.2 Å². The highest BCUT2D eigenvalue weighted by Crippen LogP contribution is 2.11. The van der Waals surface area contributed by atoms with E-state index in [9.17, 15) is 0 Å². The van der Waals surface area contributed by atoms with Gasteiger partial charge in [-0.25, -0.2) is 4.98 Å². The zero-order valence-corrected chi connectivity index (χ0v) is 11.6. The summed E-state index contributed by atoms with van der Waals surface area (Å²) in [4.78, 5) is 10.6. The van der Waals surface area contributed by atoms with E-state index in [2.05, 4.69) is 35.1 Å². The zero-order chi connectivity index (χ0) is 12.0. The molecule has 0 spiro atoms. The van der Waals surface area contributed by atoms with Gasteiger partial charge in [-0.05, 0) is 19.7 Å². The Morgan fingerprint density at radius 1 is 1.44 bits per heavy atom. The Hall–Kier alpha value is -0.320. The van der Waals surface area contributed by atoms with Crippen molar-refractivity contribution in [3.63, 3.8) is 0 Å². The van der Waals surface area contributed by atoms with Gasteiger partial charge in [-0.3, -0.25) is 9.88 Å². The molecule has 1 unspecified atom stereocenters. The number of hydrogen-bond donors (Lipinski definition) is 0. The fourth-order valence-electron chi connectivity index (χ4n) is 1.55. The van der Waals surface area contributed by atoms with E-state index in [0.717, 1.165) is 24.4 Å². The molecule has 0 radical (unpaired) electrons. The van der Waals surface area contributed by atoms with Gasteiger partial charge in [-0.2, -0.15) is 11.8 Å². The molecule has 0 aliphatic carbocycles. The minimum absolute atomic E-state index is 0.447. The van der Waals surface area contributed by atoms with Crippen LogP contribution in [0, 0.1) is 0 Å². The first-order chi connectivity index (χ1) is 7.67. The highest BCUT2D eigenvalue weighted by atomic mass is 35.5. The second kappa shape index (κ2) is 7.09. The summed E-state index contributed by atoms with van der Waals surface area (Å²) in [5, 5.41) is 0.447. The van der Waals surface area contributed by atoms with E-state index in [-0.39, 0.29) is 0 Å². The molecule has 0 bridgehead atoms. The molecule has 3 nitrogen and oxygen atoms in total. The molecule has 1 rings (SSSR count). The van der Waals surface area contributed by atoms with E-state index in [1.807, 2.05) is 11.8 Å². The predicted molar refractivity (Wildman–Crippen MR) is 71.0 cm³/mol. The Kier molecular flexibility index (Phi) is 6.09. The normalized spacial score (nSPS) is 13.1. The van der Waals surface area contributed by atoms with Crippen LogP contribution in [-0.2, 0) is 6.54 Å². The maximum absolute atomic E-state index is 5.70. The Bertz CT molecular complexity index is 305. The molecule has 16 heavy (non-hydrogen) atoms. The van der Waals surface area contributed by atoms with Crippen molar-refractivity contribution in [1.29, 1.82) is 0 Å². The van der Waals surface area contributed by atoms with Crippen LogP contribution in [0.4, 0.5) is 0 Å². The smallest absolute Gasteiger partial charge is 0.147 e. The molecule has 1 aromatic heterocycles. The highest BCUT2D eigenvalue weighted by molar-refractivity contribution is 7.98. The Labute approximate surface area is 107 Å². The van der Waals surface area contributed by atoms with Gasteiger partial charge in [-0.1, -0.05) is 18.5 Å². The summed E-state index contributed by atoms with van der Waals surface area (Å²) in [6.07, 6.45) is 6.63. The Morgan fingerprint density at radius 2 is 2.19 bits per heavy atom. The minimum atomic E-state index is 0.447. The van der Waals surface area contributed by atoms with Gasteiger partial charge < -0.3 is 0 Å². The molecule has 0 saturated heterocycles. The van der Waals surface area contributed by atoms with E-state index in [1.165, 1.54) is 0 Å². The zero-order valence-electron chi connectivity index (χ0n) is 9.98. The summed E-state index contributed by atoms with van der Waals surface area (Å²) in [7, 11) is 2.13. The summed E-state index contributed by atoms with van der Waals surface area (Å²) >= 11 is 7.57. The Balaban J connectivity index is 2.55. The second-order valence-electron chi connectivity index (χ2n) is 3.76. The molecule has 0 N–H and O–H groups in total. The molecule has 0 fully saturated rings. The van der Waals surface area contributed by atoms with Crippen molar-refractivity contribution in [2.24, 2.45) is 0 Å². The highest BCUT2D eigenvalue weighted by Gasteiger charge is 2.12. The summed E-state index contributed by atoms with van der Waals surface area (Å²) in [5.74, 6) is 1.15. The molecule has 1 atom stereocenters. The molecule has 0 aliphatic heterocycles. The number of aromatic nitrogens is 2. The number of rotatable bonds is 6. The third kappa shape index (κ3) is 4.28. The first-order valence-electron chi connectivity index (χ1n) is 5.33. The largest absolute Gasteiger partial charge is 0.297 e. The molecule has 0 aliphatic rings. The summed E-state index contributed by atoms with van der Waals surface area (Å²) in [6.45, 7) is 3.04. The van der Waals surface area contributed by atoms with Crippen LogP contribution in [0.15, 0.2) is 12.4 Å². The predicted octanol–water partition coefficient (Wildman–Crippen LogP) is 2.70. The van der Waals surface area contributed by atoms with E-state index in [1.54, 1.807) is 12.4 Å². The topological polar surface area (TPSA) is 29.0 Å². The van der Waals surface area contributed by atoms with Crippen LogP contribution in [0.25, 0.3) is 0 Å². The van der Waals surface area contributed by atoms with Gasteiger partial charge in [0.1, 0.15) is 5.15 Å². The lowest BCUT2D eigenvalue weighted by Crippen LogP contribution is -2.32. The van der Waals surface area contributed by atoms with Crippen molar-refractivity contribution in [3.8, 4) is 0 Å². The van der Waals surface area contributed by atoms with Crippen LogP contribution in [-0.4, -0.2) is 40.0 Å². The van der Waals surface area contributed by atoms with E-state index >= 15 is 0 Å². The molecule has 0 amide bonds. The molecule has 5 heteroatoms. The van der Waals surface area contributed by atoms with Crippen LogP contribution >= 0.6 is 23.4 Å². The average molecular weight is 260 g/mol. The van der Waals surface area contributed by atoms with Crippen molar-refractivity contribution in [2.45, 2.75) is 25.9 Å². The third-order valence-electron chi connectivity index (χ3n) is 2.54. The van der Waals surface area contributed by atoms with Gasteiger partial charge in [-0.15, -0.1) is 0 Å². The number of nitrogens with zero attached hydrogens (tertiary/aromatic N) is 3. The summed E-state index contributed by atoms with van der Waals surface area (Å²) < 4.78 is 0. The van der Waals surface area contributed by atoms with Crippen molar-refractivity contribution in [2.75, 3.05) is 19.1 Å². The molecule has 1 heterocycles. The molecule has 0 saturated carbocycles. The summed E-state index contributed by atoms with van der Waals surface area (Å²) in [5.41, 5.74) is 0.964. The standard InChI is InChI=1S/C11H18ClN3S/c1-4-10(8-16-3)15(2)7-9-5-14-11(12)6-13-9/h5-6,10H,4,7-8H2,1-3H3. The maximum Gasteiger partial charge on any atom is 0.147 e. The lowest BCUT2D eigenvalue weighted by molar-refractivity contribution is 0.245. The van der Waals surface area contributed by atoms with E-state index < -0.39 is 0 Å². The van der Waals surface area contributed by atoms with Crippen LogP contribution in [0.5, 0.6) is 0 Å². The van der Waals surface area contributed by atoms with Crippen molar-refractivity contribution < 1.29 is 0 Å². The van der Waals surface area contributed by atoms with Crippen LogP contribution in [0.2, 0.25) is 5.15 Å². The fourth-order valence-corrected chi connectivity index (χ4v) is 2.53. The molecular weight excluding hydrogens is 242 g/mol. The molecular formula is C11H18ClN3S. The lowest BCUT2D eigenvalue weighted by Gasteiger charge is -2.25. The van der Waals surface area contributed by atoms with Crippen LogP contribution < -0.4 is 0 Å². The van der Waals surface area contributed by atoms with Gasteiger partial charge in [0.15, 0.2) is 0 Å². The van der Waals surface area contributed by atoms with Gasteiger partial charge in [0.2, 0.25) is 0 Å². The first-order valence-corrected chi connectivity index (χ1v) is 7.10. The van der Waals surface area contributed by atoms with Gasteiger partial charge in [0.25, 0.3) is 0 Å². The van der Waals surface area contributed by atoms with Crippen molar-refractivity contribution >= 4 is 23.4 Å². The summed E-state index contributed by atoms with van der Waals surface area (Å²) in [6, 6.07) is 0.590. The monoisotopic (exact) mass is 259 g/mol. The molecule has 0 aromatic carbocycles.